The lowest BCUT2D eigenvalue weighted by molar-refractivity contribution is -0.117. The summed E-state index contributed by atoms with van der Waals surface area (Å²) in [7, 11) is 0. The first kappa shape index (κ1) is 20.5. The van der Waals surface area contributed by atoms with Gasteiger partial charge in [-0.3, -0.25) is 4.79 Å². The average molecular weight is 486 g/mol. The van der Waals surface area contributed by atoms with E-state index in [1.165, 1.54) is 0 Å². The smallest absolute Gasteiger partial charge is 0.342 e. The Bertz CT molecular complexity index is 1400. The molecule has 0 amide bonds. The molecule has 0 aliphatic carbocycles. The minimum absolute atomic E-state index is 0.00457. The van der Waals surface area contributed by atoms with Crippen molar-refractivity contribution in [2.24, 2.45) is 0 Å². The van der Waals surface area contributed by atoms with Gasteiger partial charge in [-0.05, 0) is 48.9 Å². The highest BCUT2D eigenvalue weighted by Gasteiger charge is 2.35. The highest BCUT2D eigenvalue weighted by atomic mass is 79.9. The first-order chi connectivity index (χ1) is 15.5. The molecule has 5 rings (SSSR count). The third-order valence-corrected chi connectivity index (χ3v) is 6.26. The summed E-state index contributed by atoms with van der Waals surface area (Å²) < 4.78 is 6.64. The number of carbonyl (C=O) groups is 1. The van der Waals surface area contributed by atoms with E-state index in [1.54, 1.807) is 13.0 Å². The Kier molecular flexibility index (Phi) is 5.27. The number of anilines is 1. The Balaban J connectivity index is 1.86. The summed E-state index contributed by atoms with van der Waals surface area (Å²) in [6.45, 7) is 1.56. The number of nitrogens with zero attached hydrogens (tertiary/aromatic N) is 1. The SMILES string of the molecule is CC(=O)CC1c2c(c3ccccc3oc2=O)C=C(c2ccccc2)N1c1ccc(Br)cc1. The number of carbonyl (C=O) groups excluding carboxylic acids is 1. The predicted molar refractivity (Wildman–Crippen MR) is 131 cm³/mol. The topological polar surface area (TPSA) is 50.5 Å². The van der Waals surface area contributed by atoms with Crippen molar-refractivity contribution in [3.05, 3.63) is 110 Å². The van der Waals surface area contributed by atoms with Crippen LogP contribution in [0, 0.1) is 0 Å². The summed E-state index contributed by atoms with van der Waals surface area (Å²) in [6.07, 6.45) is 2.24. The summed E-state index contributed by atoms with van der Waals surface area (Å²) >= 11 is 3.50. The Labute approximate surface area is 193 Å². The van der Waals surface area contributed by atoms with E-state index in [9.17, 15) is 9.59 Å². The van der Waals surface area contributed by atoms with Crippen molar-refractivity contribution in [1.82, 2.24) is 0 Å². The van der Waals surface area contributed by atoms with Crippen molar-refractivity contribution in [3.63, 3.8) is 0 Å². The van der Waals surface area contributed by atoms with Crippen molar-refractivity contribution in [2.75, 3.05) is 4.90 Å². The van der Waals surface area contributed by atoms with Crippen molar-refractivity contribution in [3.8, 4) is 0 Å². The third kappa shape index (κ3) is 3.59. The number of benzene rings is 3. The van der Waals surface area contributed by atoms with E-state index < -0.39 is 11.7 Å². The van der Waals surface area contributed by atoms with Gasteiger partial charge < -0.3 is 9.32 Å². The number of ketones is 1. The van der Waals surface area contributed by atoms with Gasteiger partial charge in [0, 0.05) is 33.2 Å². The van der Waals surface area contributed by atoms with Crippen LogP contribution >= 0.6 is 15.9 Å². The highest BCUT2D eigenvalue weighted by Crippen LogP contribution is 2.44. The van der Waals surface area contributed by atoms with Gasteiger partial charge in [-0.1, -0.05) is 64.5 Å². The molecule has 4 nitrogen and oxygen atoms in total. The number of rotatable bonds is 4. The summed E-state index contributed by atoms with van der Waals surface area (Å²) in [4.78, 5) is 27.7. The average Bonchev–Trinajstić information content (AvgIpc) is 2.79. The molecule has 5 heteroatoms. The quantitative estimate of drug-likeness (QED) is 0.305. The van der Waals surface area contributed by atoms with Crippen molar-refractivity contribution in [1.29, 1.82) is 0 Å². The first-order valence-corrected chi connectivity index (χ1v) is 11.2. The van der Waals surface area contributed by atoms with Crippen LogP contribution in [0.5, 0.6) is 0 Å². The molecule has 1 aliphatic rings. The largest absolute Gasteiger partial charge is 0.422 e. The van der Waals surface area contributed by atoms with E-state index in [0.29, 0.717) is 11.1 Å². The minimum Gasteiger partial charge on any atom is -0.422 e. The molecule has 32 heavy (non-hydrogen) atoms. The molecular weight excluding hydrogens is 466 g/mol. The van der Waals surface area contributed by atoms with Crippen LogP contribution in [-0.2, 0) is 4.79 Å². The number of hydrogen-bond donors (Lipinski definition) is 0. The maximum Gasteiger partial charge on any atom is 0.342 e. The van der Waals surface area contributed by atoms with Crippen LogP contribution in [0.15, 0.2) is 92.5 Å². The lowest BCUT2D eigenvalue weighted by Crippen LogP contribution is -2.35. The van der Waals surface area contributed by atoms with E-state index in [1.807, 2.05) is 78.9 Å². The molecule has 3 aromatic carbocycles. The monoisotopic (exact) mass is 485 g/mol. The maximum absolute atomic E-state index is 13.2. The molecular formula is C27H20BrNO3. The fourth-order valence-electron chi connectivity index (χ4n) is 4.38. The fourth-order valence-corrected chi connectivity index (χ4v) is 4.64. The highest BCUT2D eigenvalue weighted by molar-refractivity contribution is 9.10. The van der Waals surface area contributed by atoms with Gasteiger partial charge in [-0.2, -0.15) is 0 Å². The molecule has 0 bridgehead atoms. The van der Waals surface area contributed by atoms with Crippen LogP contribution in [0.3, 0.4) is 0 Å². The molecule has 1 aromatic heterocycles. The molecule has 1 aliphatic heterocycles. The molecule has 4 aromatic rings. The van der Waals surface area contributed by atoms with E-state index in [2.05, 4.69) is 20.8 Å². The van der Waals surface area contributed by atoms with Crippen LogP contribution in [0.1, 0.15) is 36.1 Å². The van der Waals surface area contributed by atoms with Gasteiger partial charge in [0.25, 0.3) is 0 Å². The minimum atomic E-state index is -0.482. The number of Topliss-reactive ketones (excluding diaryl/α,β-unsaturated/α-hetero) is 1. The standard InChI is InChI=1S/C27H20BrNO3/c1-17(30)15-24-26-22(21-9-5-6-10-25(21)32-27(26)31)16-23(18-7-3-2-4-8-18)29(24)20-13-11-19(28)12-14-20/h2-14,16,24H,15H2,1H3. The van der Waals surface area contributed by atoms with E-state index in [4.69, 9.17) is 4.42 Å². The van der Waals surface area contributed by atoms with E-state index in [0.717, 1.165) is 32.4 Å². The molecule has 0 saturated heterocycles. The van der Waals surface area contributed by atoms with Gasteiger partial charge in [0.05, 0.1) is 11.6 Å². The van der Waals surface area contributed by atoms with Crippen LogP contribution in [0.4, 0.5) is 5.69 Å². The number of hydrogen-bond acceptors (Lipinski definition) is 4. The van der Waals surface area contributed by atoms with Gasteiger partial charge in [-0.15, -0.1) is 0 Å². The molecule has 0 spiro atoms. The Morgan fingerprint density at radius 1 is 0.969 bits per heavy atom. The van der Waals surface area contributed by atoms with Gasteiger partial charge >= 0.3 is 5.63 Å². The summed E-state index contributed by atoms with van der Waals surface area (Å²) in [6, 6.07) is 25.0. The molecule has 1 atom stereocenters. The summed E-state index contributed by atoms with van der Waals surface area (Å²) in [5.74, 6) is 0.00457. The zero-order valence-electron chi connectivity index (χ0n) is 17.4. The molecule has 1 unspecified atom stereocenters. The van der Waals surface area contributed by atoms with Gasteiger partial charge in [0.1, 0.15) is 11.4 Å². The van der Waals surface area contributed by atoms with Crippen molar-refractivity contribution in [2.45, 2.75) is 19.4 Å². The zero-order chi connectivity index (χ0) is 22.2. The number of fused-ring (bicyclic) bond motifs is 3. The zero-order valence-corrected chi connectivity index (χ0v) is 19.0. The number of halogens is 1. The van der Waals surface area contributed by atoms with Crippen LogP contribution in [0.25, 0.3) is 22.7 Å². The molecule has 0 N–H and O–H groups in total. The van der Waals surface area contributed by atoms with Gasteiger partial charge in [0.2, 0.25) is 0 Å². The first-order valence-electron chi connectivity index (χ1n) is 10.4. The normalized spacial score (nSPS) is 15.4. The lowest BCUT2D eigenvalue weighted by Gasteiger charge is -2.39. The number of para-hydroxylation sites is 1. The molecule has 0 radical (unpaired) electrons. The third-order valence-electron chi connectivity index (χ3n) is 5.73. The fraction of sp³-hybridized carbons (Fsp3) is 0.111. The second-order valence-electron chi connectivity index (χ2n) is 7.88. The summed E-state index contributed by atoms with van der Waals surface area (Å²) in [5, 5.41) is 0.861. The maximum atomic E-state index is 13.2. The van der Waals surface area contributed by atoms with E-state index in [-0.39, 0.29) is 12.2 Å². The second kappa shape index (κ2) is 8.24. The Hall–Kier alpha value is -3.44. The summed E-state index contributed by atoms with van der Waals surface area (Å²) in [5.41, 5.74) is 4.30. The van der Waals surface area contributed by atoms with Gasteiger partial charge in [0.15, 0.2) is 0 Å². The Morgan fingerprint density at radius 3 is 2.38 bits per heavy atom. The molecule has 2 heterocycles. The van der Waals surface area contributed by atoms with Gasteiger partial charge in [-0.25, -0.2) is 4.79 Å². The Morgan fingerprint density at radius 2 is 1.66 bits per heavy atom. The molecule has 158 valence electrons. The van der Waals surface area contributed by atoms with Crippen LogP contribution < -0.4 is 10.5 Å². The lowest BCUT2D eigenvalue weighted by atomic mass is 9.88. The van der Waals surface area contributed by atoms with Crippen LogP contribution in [0.2, 0.25) is 0 Å². The predicted octanol–water partition coefficient (Wildman–Crippen LogP) is 6.59. The van der Waals surface area contributed by atoms with E-state index >= 15 is 0 Å². The van der Waals surface area contributed by atoms with Crippen LogP contribution in [-0.4, -0.2) is 5.78 Å². The van der Waals surface area contributed by atoms with Crippen molar-refractivity contribution < 1.29 is 9.21 Å². The van der Waals surface area contributed by atoms with Crippen molar-refractivity contribution >= 4 is 50.1 Å². The molecule has 0 saturated carbocycles. The molecule has 0 fully saturated rings. The second-order valence-corrected chi connectivity index (χ2v) is 8.79.